The van der Waals surface area contributed by atoms with E-state index < -0.39 is 0 Å². The van der Waals surface area contributed by atoms with Crippen LogP contribution < -0.4 is 10.1 Å². The van der Waals surface area contributed by atoms with E-state index in [1.807, 2.05) is 36.4 Å². The van der Waals surface area contributed by atoms with Crippen molar-refractivity contribution in [3.63, 3.8) is 0 Å². The topological polar surface area (TPSA) is 21.3 Å². The van der Waals surface area contributed by atoms with Crippen LogP contribution in [0.15, 0.2) is 48.5 Å². The normalized spacial score (nSPS) is 11.8. The molecule has 0 aliphatic heterocycles. The molecule has 0 saturated carbocycles. The second-order valence-corrected chi connectivity index (χ2v) is 8.93. The van der Waals surface area contributed by atoms with E-state index >= 15 is 0 Å². The van der Waals surface area contributed by atoms with E-state index in [4.69, 9.17) is 16.3 Å². The zero-order chi connectivity index (χ0) is 18.5. The summed E-state index contributed by atoms with van der Waals surface area (Å²) in [6, 6.07) is 16.0. The van der Waals surface area contributed by atoms with Crippen LogP contribution in [-0.2, 0) is 13.2 Å². The SMILES string of the molecule is CC(C)(C)CC(C)(C)NCc1ccccc1OCc1ccc(Cl)cc1.Cl. The largest absolute Gasteiger partial charge is 0.489 e. The summed E-state index contributed by atoms with van der Waals surface area (Å²) in [4.78, 5) is 0. The monoisotopic (exact) mass is 395 g/mol. The molecule has 144 valence electrons. The standard InChI is InChI=1S/C22H30ClNO.ClH/c1-21(2,3)16-22(4,5)24-14-18-8-6-7-9-20(18)25-15-17-10-12-19(23)13-11-17;/h6-13,24H,14-16H2,1-5H3;1H. The first-order valence-corrected chi connectivity index (χ1v) is 9.23. The number of ether oxygens (including phenoxy) is 1. The van der Waals surface area contributed by atoms with Gasteiger partial charge in [0.25, 0.3) is 0 Å². The molecule has 0 atom stereocenters. The molecule has 0 amide bonds. The van der Waals surface area contributed by atoms with Gasteiger partial charge < -0.3 is 10.1 Å². The number of rotatable bonds is 7. The molecule has 2 nitrogen and oxygen atoms in total. The summed E-state index contributed by atoms with van der Waals surface area (Å²) in [7, 11) is 0. The molecule has 2 rings (SSSR count). The van der Waals surface area contributed by atoms with Crippen molar-refractivity contribution in [2.75, 3.05) is 0 Å². The summed E-state index contributed by atoms with van der Waals surface area (Å²) < 4.78 is 6.05. The van der Waals surface area contributed by atoms with Crippen molar-refractivity contribution in [2.24, 2.45) is 5.41 Å². The zero-order valence-electron chi connectivity index (χ0n) is 16.4. The van der Waals surface area contributed by atoms with E-state index in [9.17, 15) is 0 Å². The Balaban J connectivity index is 0.00000338. The van der Waals surface area contributed by atoms with Crippen molar-refractivity contribution >= 4 is 24.0 Å². The highest BCUT2D eigenvalue weighted by molar-refractivity contribution is 6.30. The summed E-state index contributed by atoms with van der Waals surface area (Å²) in [5.41, 5.74) is 2.65. The van der Waals surface area contributed by atoms with Crippen LogP contribution in [0.4, 0.5) is 0 Å². The van der Waals surface area contributed by atoms with E-state index in [-0.39, 0.29) is 17.9 Å². The molecule has 2 aromatic carbocycles. The quantitative estimate of drug-likeness (QED) is 0.566. The third-order valence-electron chi connectivity index (χ3n) is 4.01. The Morgan fingerprint density at radius 1 is 0.923 bits per heavy atom. The second kappa shape index (κ2) is 9.64. The number of para-hydroxylation sites is 1. The molecule has 0 aliphatic carbocycles. The molecule has 0 radical (unpaired) electrons. The summed E-state index contributed by atoms with van der Waals surface area (Å²) >= 11 is 5.93. The molecule has 0 heterocycles. The molecule has 0 bridgehead atoms. The van der Waals surface area contributed by atoms with Crippen molar-refractivity contribution in [3.05, 3.63) is 64.7 Å². The number of hydrogen-bond acceptors (Lipinski definition) is 2. The number of halogens is 2. The van der Waals surface area contributed by atoms with Crippen LogP contribution in [0.1, 0.15) is 52.2 Å². The van der Waals surface area contributed by atoms with Gasteiger partial charge in [-0.05, 0) is 49.4 Å². The van der Waals surface area contributed by atoms with Gasteiger partial charge in [-0.2, -0.15) is 0 Å². The lowest BCUT2D eigenvalue weighted by atomic mass is 9.82. The van der Waals surface area contributed by atoms with Gasteiger partial charge in [-0.3, -0.25) is 0 Å². The molecule has 4 heteroatoms. The molecule has 26 heavy (non-hydrogen) atoms. The Morgan fingerprint density at radius 2 is 1.54 bits per heavy atom. The minimum atomic E-state index is 0. The first-order chi connectivity index (χ1) is 11.6. The average molecular weight is 396 g/mol. The predicted molar refractivity (Wildman–Crippen MR) is 114 cm³/mol. The zero-order valence-corrected chi connectivity index (χ0v) is 18.0. The Bertz CT molecular complexity index is 675. The molecule has 2 aromatic rings. The molecular formula is C22H31Cl2NO. The Kier molecular flexibility index (Phi) is 8.46. The number of hydrogen-bond donors (Lipinski definition) is 1. The molecular weight excluding hydrogens is 365 g/mol. The maximum Gasteiger partial charge on any atom is 0.124 e. The highest BCUT2D eigenvalue weighted by Gasteiger charge is 2.25. The molecule has 0 unspecified atom stereocenters. The van der Waals surface area contributed by atoms with Crippen molar-refractivity contribution in [3.8, 4) is 5.75 Å². The fraction of sp³-hybridized carbons (Fsp3) is 0.455. The average Bonchev–Trinajstić information content (AvgIpc) is 2.51. The lowest BCUT2D eigenvalue weighted by Crippen LogP contribution is -2.41. The van der Waals surface area contributed by atoms with Crippen LogP contribution in [-0.4, -0.2) is 5.54 Å². The van der Waals surface area contributed by atoms with Crippen molar-refractivity contribution in [1.82, 2.24) is 5.32 Å². The first-order valence-electron chi connectivity index (χ1n) is 8.85. The lowest BCUT2D eigenvalue weighted by Gasteiger charge is -2.33. The van der Waals surface area contributed by atoms with Crippen LogP contribution in [0.5, 0.6) is 5.75 Å². The van der Waals surface area contributed by atoms with Gasteiger partial charge in [-0.25, -0.2) is 0 Å². The third kappa shape index (κ3) is 7.99. The molecule has 0 spiro atoms. The highest BCUT2D eigenvalue weighted by Crippen LogP contribution is 2.28. The molecule has 0 aliphatic rings. The number of benzene rings is 2. The maximum absolute atomic E-state index is 6.05. The van der Waals surface area contributed by atoms with Crippen LogP contribution in [0.25, 0.3) is 0 Å². The van der Waals surface area contributed by atoms with Gasteiger partial charge >= 0.3 is 0 Å². The van der Waals surface area contributed by atoms with Crippen LogP contribution in [0, 0.1) is 5.41 Å². The van der Waals surface area contributed by atoms with E-state index in [1.54, 1.807) is 0 Å². The minimum absolute atomic E-state index is 0. The number of nitrogens with one attached hydrogen (secondary N) is 1. The molecule has 0 aromatic heterocycles. The lowest BCUT2D eigenvalue weighted by molar-refractivity contribution is 0.238. The van der Waals surface area contributed by atoms with E-state index in [0.29, 0.717) is 12.0 Å². The van der Waals surface area contributed by atoms with Crippen LogP contribution in [0.2, 0.25) is 5.02 Å². The van der Waals surface area contributed by atoms with Gasteiger partial charge in [0, 0.05) is 22.7 Å². The first kappa shape index (κ1) is 22.8. The molecule has 1 N–H and O–H groups in total. The van der Waals surface area contributed by atoms with E-state index in [1.165, 1.54) is 5.56 Å². The van der Waals surface area contributed by atoms with Crippen molar-refractivity contribution in [2.45, 2.75) is 59.7 Å². The fourth-order valence-electron chi connectivity index (χ4n) is 3.26. The summed E-state index contributed by atoms with van der Waals surface area (Å²) in [6.45, 7) is 12.7. The van der Waals surface area contributed by atoms with Gasteiger partial charge in [0.05, 0.1) is 0 Å². The second-order valence-electron chi connectivity index (χ2n) is 8.50. The van der Waals surface area contributed by atoms with E-state index in [0.717, 1.165) is 29.3 Å². The van der Waals surface area contributed by atoms with Crippen LogP contribution >= 0.6 is 24.0 Å². The van der Waals surface area contributed by atoms with Crippen molar-refractivity contribution in [1.29, 1.82) is 0 Å². The van der Waals surface area contributed by atoms with Crippen LogP contribution in [0.3, 0.4) is 0 Å². The summed E-state index contributed by atoms with van der Waals surface area (Å²) in [5, 5.41) is 4.43. The van der Waals surface area contributed by atoms with Crippen molar-refractivity contribution < 1.29 is 4.74 Å². The third-order valence-corrected chi connectivity index (χ3v) is 4.26. The molecule has 0 saturated heterocycles. The van der Waals surface area contributed by atoms with E-state index in [2.05, 4.69) is 52.1 Å². The molecule has 0 fully saturated rings. The fourth-order valence-corrected chi connectivity index (χ4v) is 3.38. The van der Waals surface area contributed by atoms with Gasteiger partial charge in [-0.1, -0.05) is 62.7 Å². The minimum Gasteiger partial charge on any atom is -0.489 e. The smallest absolute Gasteiger partial charge is 0.124 e. The van der Waals surface area contributed by atoms with Gasteiger partial charge in [0.2, 0.25) is 0 Å². The Hall–Kier alpha value is -1.22. The van der Waals surface area contributed by atoms with Gasteiger partial charge in [0.15, 0.2) is 0 Å². The van der Waals surface area contributed by atoms with Gasteiger partial charge in [0.1, 0.15) is 12.4 Å². The maximum atomic E-state index is 6.05. The summed E-state index contributed by atoms with van der Waals surface area (Å²) in [5.74, 6) is 0.927. The Morgan fingerprint density at radius 3 is 2.15 bits per heavy atom. The predicted octanol–water partition coefficient (Wildman–Crippen LogP) is 6.65. The Labute approximate surface area is 169 Å². The highest BCUT2D eigenvalue weighted by atomic mass is 35.5. The van der Waals surface area contributed by atoms with Gasteiger partial charge in [-0.15, -0.1) is 12.4 Å². The summed E-state index contributed by atoms with van der Waals surface area (Å²) in [6.07, 6.45) is 1.10.